The molecule has 0 aliphatic heterocycles. The van der Waals surface area contributed by atoms with Crippen LogP contribution in [-0.4, -0.2) is 9.55 Å². The zero-order valence-electron chi connectivity index (χ0n) is 11.5. The standard InChI is InChI=1S/C14H21N3S/c1-5-7-17-8-6-15-14(17)16-11(3)13-9-10(2)18-12(13)4/h6,8-9,11H,5,7H2,1-4H3,(H,15,16). The third kappa shape index (κ3) is 2.75. The van der Waals surface area contributed by atoms with Gasteiger partial charge in [-0.05, 0) is 38.8 Å². The van der Waals surface area contributed by atoms with Gasteiger partial charge in [0.1, 0.15) is 0 Å². The van der Waals surface area contributed by atoms with E-state index in [2.05, 4.69) is 48.6 Å². The number of imidazole rings is 1. The molecule has 98 valence electrons. The van der Waals surface area contributed by atoms with E-state index in [1.165, 1.54) is 15.3 Å². The lowest BCUT2D eigenvalue weighted by molar-refractivity contribution is 0.674. The van der Waals surface area contributed by atoms with Crippen molar-refractivity contribution in [2.75, 3.05) is 5.32 Å². The summed E-state index contributed by atoms with van der Waals surface area (Å²) in [5.74, 6) is 0.965. The Bertz CT molecular complexity index is 513. The van der Waals surface area contributed by atoms with Crippen LogP contribution in [0.2, 0.25) is 0 Å². The van der Waals surface area contributed by atoms with Crippen LogP contribution in [0, 0.1) is 13.8 Å². The predicted molar refractivity (Wildman–Crippen MR) is 78.3 cm³/mol. The minimum absolute atomic E-state index is 0.299. The minimum atomic E-state index is 0.299. The Kier molecular flexibility index (Phi) is 4.07. The number of hydrogen-bond donors (Lipinski definition) is 1. The van der Waals surface area contributed by atoms with Gasteiger partial charge in [-0.25, -0.2) is 4.98 Å². The van der Waals surface area contributed by atoms with Gasteiger partial charge in [0.15, 0.2) is 0 Å². The average molecular weight is 263 g/mol. The molecule has 0 saturated carbocycles. The Hall–Kier alpha value is -1.29. The fraction of sp³-hybridized carbons (Fsp3) is 0.500. The second-order valence-corrected chi connectivity index (χ2v) is 6.14. The van der Waals surface area contributed by atoms with Gasteiger partial charge in [0.2, 0.25) is 5.95 Å². The summed E-state index contributed by atoms with van der Waals surface area (Å²) in [6.45, 7) is 9.73. The number of hydrogen-bond acceptors (Lipinski definition) is 3. The molecule has 2 heterocycles. The van der Waals surface area contributed by atoms with Crippen molar-refractivity contribution >= 4 is 17.3 Å². The maximum Gasteiger partial charge on any atom is 0.203 e. The molecule has 0 amide bonds. The van der Waals surface area contributed by atoms with Crippen LogP contribution in [0.3, 0.4) is 0 Å². The minimum Gasteiger partial charge on any atom is -0.349 e. The highest BCUT2D eigenvalue weighted by Crippen LogP contribution is 2.28. The largest absolute Gasteiger partial charge is 0.349 e. The molecule has 1 N–H and O–H groups in total. The van der Waals surface area contributed by atoms with Gasteiger partial charge in [-0.2, -0.15) is 0 Å². The second-order valence-electron chi connectivity index (χ2n) is 4.68. The zero-order chi connectivity index (χ0) is 13.1. The van der Waals surface area contributed by atoms with E-state index in [1.54, 1.807) is 0 Å². The summed E-state index contributed by atoms with van der Waals surface area (Å²) in [6, 6.07) is 2.57. The molecule has 0 spiro atoms. The molecule has 0 bridgehead atoms. The fourth-order valence-electron chi connectivity index (χ4n) is 2.22. The molecule has 2 rings (SSSR count). The third-order valence-corrected chi connectivity index (χ3v) is 4.05. The number of nitrogens with zero attached hydrogens (tertiary/aromatic N) is 2. The Labute approximate surface area is 113 Å². The molecular formula is C14H21N3S. The van der Waals surface area contributed by atoms with Crippen LogP contribution >= 0.6 is 11.3 Å². The Balaban J connectivity index is 2.13. The van der Waals surface area contributed by atoms with Crippen molar-refractivity contribution in [1.82, 2.24) is 9.55 Å². The molecule has 0 aliphatic rings. The van der Waals surface area contributed by atoms with E-state index in [-0.39, 0.29) is 0 Å². The Morgan fingerprint density at radius 1 is 1.44 bits per heavy atom. The highest BCUT2D eigenvalue weighted by Gasteiger charge is 2.13. The van der Waals surface area contributed by atoms with Crippen molar-refractivity contribution in [3.05, 3.63) is 33.8 Å². The van der Waals surface area contributed by atoms with E-state index in [9.17, 15) is 0 Å². The van der Waals surface area contributed by atoms with Gasteiger partial charge in [-0.1, -0.05) is 6.92 Å². The maximum atomic E-state index is 4.39. The molecule has 3 nitrogen and oxygen atoms in total. The molecule has 2 aromatic rings. The third-order valence-electron chi connectivity index (χ3n) is 3.07. The van der Waals surface area contributed by atoms with Gasteiger partial charge in [0.25, 0.3) is 0 Å². The summed E-state index contributed by atoms with van der Waals surface area (Å²) >= 11 is 1.86. The lowest BCUT2D eigenvalue weighted by Crippen LogP contribution is -2.11. The summed E-state index contributed by atoms with van der Waals surface area (Å²) in [4.78, 5) is 7.15. The first-order valence-corrected chi connectivity index (χ1v) is 7.28. The van der Waals surface area contributed by atoms with Gasteiger partial charge in [0, 0.05) is 28.7 Å². The summed E-state index contributed by atoms with van der Waals surface area (Å²) in [7, 11) is 0. The van der Waals surface area contributed by atoms with E-state index >= 15 is 0 Å². The van der Waals surface area contributed by atoms with Crippen LogP contribution in [0.5, 0.6) is 0 Å². The predicted octanol–water partition coefficient (Wildman–Crippen LogP) is 4.14. The number of aryl methyl sites for hydroxylation is 3. The SMILES string of the molecule is CCCn1ccnc1NC(C)c1cc(C)sc1C. The van der Waals surface area contributed by atoms with E-state index in [0.717, 1.165) is 18.9 Å². The van der Waals surface area contributed by atoms with Crippen molar-refractivity contribution < 1.29 is 0 Å². The number of nitrogens with one attached hydrogen (secondary N) is 1. The van der Waals surface area contributed by atoms with Crippen molar-refractivity contribution in [2.24, 2.45) is 0 Å². The van der Waals surface area contributed by atoms with Crippen molar-refractivity contribution in [3.8, 4) is 0 Å². The molecule has 1 unspecified atom stereocenters. The molecule has 0 radical (unpaired) electrons. The highest BCUT2D eigenvalue weighted by molar-refractivity contribution is 7.12. The number of anilines is 1. The fourth-order valence-corrected chi connectivity index (χ4v) is 3.24. The summed E-state index contributed by atoms with van der Waals surface area (Å²) < 4.78 is 2.17. The van der Waals surface area contributed by atoms with Gasteiger partial charge >= 0.3 is 0 Å². The zero-order valence-corrected chi connectivity index (χ0v) is 12.3. The van der Waals surface area contributed by atoms with Gasteiger partial charge < -0.3 is 9.88 Å². The van der Waals surface area contributed by atoms with Gasteiger partial charge in [0.05, 0.1) is 6.04 Å². The Morgan fingerprint density at radius 2 is 2.22 bits per heavy atom. The number of thiophene rings is 1. The number of aromatic nitrogens is 2. The average Bonchev–Trinajstić information content (AvgIpc) is 2.87. The van der Waals surface area contributed by atoms with Gasteiger partial charge in [-0.3, -0.25) is 0 Å². The molecule has 18 heavy (non-hydrogen) atoms. The van der Waals surface area contributed by atoms with Crippen molar-refractivity contribution in [1.29, 1.82) is 0 Å². The molecule has 0 saturated heterocycles. The highest BCUT2D eigenvalue weighted by atomic mass is 32.1. The van der Waals surface area contributed by atoms with Crippen molar-refractivity contribution in [2.45, 2.75) is 46.7 Å². The summed E-state index contributed by atoms with van der Waals surface area (Å²) in [6.07, 6.45) is 5.01. The normalized spacial score (nSPS) is 12.7. The lowest BCUT2D eigenvalue weighted by Gasteiger charge is -2.16. The van der Waals surface area contributed by atoms with Crippen molar-refractivity contribution in [3.63, 3.8) is 0 Å². The molecule has 1 atom stereocenters. The molecule has 0 fully saturated rings. The van der Waals surface area contributed by atoms with Crippen LogP contribution in [-0.2, 0) is 6.54 Å². The quantitative estimate of drug-likeness (QED) is 0.878. The first-order valence-electron chi connectivity index (χ1n) is 6.46. The summed E-state index contributed by atoms with van der Waals surface area (Å²) in [5.41, 5.74) is 1.38. The maximum absolute atomic E-state index is 4.39. The molecular weight excluding hydrogens is 242 g/mol. The van der Waals surface area contributed by atoms with E-state index in [0.29, 0.717) is 6.04 Å². The monoisotopic (exact) mass is 263 g/mol. The summed E-state index contributed by atoms with van der Waals surface area (Å²) in [5, 5.41) is 3.50. The lowest BCUT2D eigenvalue weighted by atomic mass is 10.1. The number of rotatable bonds is 5. The molecule has 0 aromatic carbocycles. The smallest absolute Gasteiger partial charge is 0.203 e. The first-order chi connectivity index (χ1) is 8.61. The van der Waals surface area contributed by atoms with E-state index in [1.807, 2.05) is 23.7 Å². The topological polar surface area (TPSA) is 29.9 Å². The van der Waals surface area contributed by atoms with Crippen LogP contribution in [0.1, 0.15) is 41.6 Å². The molecule has 2 aromatic heterocycles. The van der Waals surface area contributed by atoms with Crippen LogP contribution < -0.4 is 5.32 Å². The van der Waals surface area contributed by atoms with Crippen LogP contribution in [0.4, 0.5) is 5.95 Å². The first kappa shape index (κ1) is 13.1. The molecule has 4 heteroatoms. The Morgan fingerprint density at radius 3 is 2.83 bits per heavy atom. The second kappa shape index (κ2) is 5.57. The van der Waals surface area contributed by atoms with E-state index < -0.39 is 0 Å². The molecule has 0 aliphatic carbocycles. The van der Waals surface area contributed by atoms with Crippen LogP contribution in [0.25, 0.3) is 0 Å². The van der Waals surface area contributed by atoms with E-state index in [4.69, 9.17) is 0 Å². The van der Waals surface area contributed by atoms with Gasteiger partial charge in [-0.15, -0.1) is 11.3 Å². The van der Waals surface area contributed by atoms with Crippen LogP contribution in [0.15, 0.2) is 18.5 Å².